The molecule has 1 aromatic carbocycles. The highest BCUT2D eigenvalue weighted by Gasteiger charge is 2.38. The zero-order valence-corrected chi connectivity index (χ0v) is 15.7. The molecule has 0 atom stereocenters. The SMILES string of the molecule is O=S(=O)(NCC1(c2ccc3c(c2)OCCO3)CCCC1)N1CCOCC1. The van der Waals surface area contributed by atoms with Crippen molar-refractivity contribution in [3.8, 4) is 11.5 Å². The highest BCUT2D eigenvalue weighted by atomic mass is 32.2. The minimum Gasteiger partial charge on any atom is -0.486 e. The molecule has 2 aliphatic heterocycles. The molecule has 1 N–H and O–H groups in total. The first-order chi connectivity index (χ1) is 12.6. The number of morpholine rings is 1. The predicted molar refractivity (Wildman–Crippen MR) is 96.9 cm³/mol. The molecular weight excluding hydrogens is 356 g/mol. The van der Waals surface area contributed by atoms with E-state index in [-0.39, 0.29) is 5.41 Å². The average molecular weight is 382 g/mol. The number of benzene rings is 1. The Hall–Kier alpha value is -1.35. The topological polar surface area (TPSA) is 77.1 Å². The van der Waals surface area contributed by atoms with E-state index in [0.717, 1.165) is 42.7 Å². The molecule has 8 heteroatoms. The molecule has 0 amide bonds. The van der Waals surface area contributed by atoms with Gasteiger partial charge in [0.2, 0.25) is 0 Å². The molecule has 144 valence electrons. The number of nitrogens with zero attached hydrogens (tertiary/aromatic N) is 1. The highest BCUT2D eigenvalue weighted by molar-refractivity contribution is 7.87. The fourth-order valence-electron chi connectivity index (χ4n) is 4.10. The van der Waals surface area contributed by atoms with Gasteiger partial charge in [0, 0.05) is 25.0 Å². The molecule has 1 aliphatic carbocycles. The van der Waals surface area contributed by atoms with E-state index in [1.807, 2.05) is 12.1 Å². The lowest BCUT2D eigenvalue weighted by molar-refractivity contribution is 0.0724. The molecule has 26 heavy (non-hydrogen) atoms. The maximum atomic E-state index is 12.7. The first-order valence-electron chi connectivity index (χ1n) is 9.32. The van der Waals surface area contributed by atoms with Crippen molar-refractivity contribution in [3.05, 3.63) is 23.8 Å². The van der Waals surface area contributed by atoms with Gasteiger partial charge in [0.1, 0.15) is 13.2 Å². The van der Waals surface area contributed by atoms with Crippen LogP contribution in [0.5, 0.6) is 11.5 Å². The van der Waals surface area contributed by atoms with Crippen LogP contribution in [0.1, 0.15) is 31.2 Å². The molecule has 1 aromatic rings. The van der Waals surface area contributed by atoms with Crippen molar-refractivity contribution in [1.29, 1.82) is 0 Å². The van der Waals surface area contributed by atoms with Crippen LogP contribution in [0.25, 0.3) is 0 Å². The number of hydrogen-bond donors (Lipinski definition) is 1. The average Bonchev–Trinajstić information content (AvgIpc) is 3.17. The largest absolute Gasteiger partial charge is 0.486 e. The minimum atomic E-state index is -3.49. The van der Waals surface area contributed by atoms with Gasteiger partial charge in [0.25, 0.3) is 10.2 Å². The third kappa shape index (κ3) is 3.55. The second kappa shape index (κ2) is 7.34. The van der Waals surface area contributed by atoms with Crippen LogP contribution in [0, 0.1) is 0 Å². The van der Waals surface area contributed by atoms with Crippen molar-refractivity contribution in [2.24, 2.45) is 0 Å². The predicted octanol–water partition coefficient (Wildman–Crippen LogP) is 1.44. The van der Waals surface area contributed by atoms with Crippen LogP contribution in [0.2, 0.25) is 0 Å². The lowest BCUT2D eigenvalue weighted by Gasteiger charge is -2.33. The molecule has 0 spiro atoms. The summed E-state index contributed by atoms with van der Waals surface area (Å²) in [7, 11) is -3.49. The molecule has 2 fully saturated rings. The molecule has 4 rings (SSSR count). The zero-order valence-electron chi connectivity index (χ0n) is 14.9. The summed E-state index contributed by atoms with van der Waals surface area (Å²) in [6.07, 6.45) is 4.15. The minimum absolute atomic E-state index is 0.185. The maximum Gasteiger partial charge on any atom is 0.279 e. The van der Waals surface area contributed by atoms with Crippen LogP contribution < -0.4 is 14.2 Å². The summed E-state index contributed by atoms with van der Waals surface area (Å²) in [5.41, 5.74) is 0.943. The molecule has 0 bridgehead atoms. The number of fused-ring (bicyclic) bond motifs is 1. The lowest BCUT2D eigenvalue weighted by Crippen LogP contribution is -2.49. The van der Waals surface area contributed by atoms with Crippen LogP contribution in [0.15, 0.2) is 18.2 Å². The van der Waals surface area contributed by atoms with Crippen molar-refractivity contribution in [3.63, 3.8) is 0 Å². The summed E-state index contributed by atoms with van der Waals surface area (Å²) in [5.74, 6) is 1.53. The van der Waals surface area contributed by atoms with Gasteiger partial charge in [-0.15, -0.1) is 0 Å². The van der Waals surface area contributed by atoms with Gasteiger partial charge in [-0.2, -0.15) is 12.7 Å². The monoisotopic (exact) mass is 382 g/mol. The number of hydrogen-bond acceptors (Lipinski definition) is 5. The second-order valence-corrected chi connectivity index (χ2v) is 8.94. The van der Waals surface area contributed by atoms with Crippen molar-refractivity contribution in [2.75, 3.05) is 46.1 Å². The van der Waals surface area contributed by atoms with Crippen LogP contribution in [0.4, 0.5) is 0 Å². The number of rotatable bonds is 5. The molecule has 3 aliphatic rings. The summed E-state index contributed by atoms with van der Waals surface area (Å²) in [5, 5.41) is 0. The van der Waals surface area contributed by atoms with E-state index < -0.39 is 10.2 Å². The molecule has 0 unspecified atom stereocenters. The summed E-state index contributed by atoms with van der Waals surface area (Å²) in [6.45, 7) is 3.25. The van der Waals surface area contributed by atoms with Crippen LogP contribution in [-0.4, -0.2) is 58.8 Å². The molecule has 0 aromatic heterocycles. The first kappa shape index (κ1) is 18.0. The number of ether oxygens (including phenoxy) is 3. The third-order valence-corrected chi connectivity index (χ3v) is 7.17. The van der Waals surface area contributed by atoms with Gasteiger partial charge < -0.3 is 14.2 Å². The fraction of sp³-hybridized carbons (Fsp3) is 0.667. The summed E-state index contributed by atoms with van der Waals surface area (Å²) in [4.78, 5) is 0. The van der Waals surface area contributed by atoms with Gasteiger partial charge in [-0.25, -0.2) is 4.72 Å². The molecular formula is C18H26N2O5S. The lowest BCUT2D eigenvalue weighted by atomic mass is 9.79. The Morgan fingerprint density at radius 1 is 1.00 bits per heavy atom. The van der Waals surface area contributed by atoms with Gasteiger partial charge in [-0.05, 0) is 30.5 Å². The van der Waals surface area contributed by atoms with E-state index in [1.165, 1.54) is 4.31 Å². The zero-order chi connectivity index (χ0) is 18.0. The van der Waals surface area contributed by atoms with Gasteiger partial charge in [-0.1, -0.05) is 18.9 Å². The summed E-state index contributed by atoms with van der Waals surface area (Å²) in [6, 6.07) is 6.03. The first-order valence-corrected chi connectivity index (χ1v) is 10.8. The Morgan fingerprint density at radius 2 is 1.69 bits per heavy atom. The number of nitrogens with one attached hydrogen (secondary N) is 1. The smallest absolute Gasteiger partial charge is 0.279 e. The Labute approximate surface area is 154 Å². The molecule has 1 saturated heterocycles. The summed E-state index contributed by atoms with van der Waals surface area (Å²) >= 11 is 0. The Balaban J connectivity index is 1.53. The molecule has 0 radical (unpaired) electrons. The van der Waals surface area contributed by atoms with E-state index in [2.05, 4.69) is 10.8 Å². The molecule has 1 saturated carbocycles. The standard InChI is InChI=1S/C18H26N2O5S/c21-26(22,20-7-9-23-10-8-20)19-14-18(5-1-2-6-18)15-3-4-16-17(13-15)25-12-11-24-16/h3-4,13,19H,1-2,5-12,14H2. The van der Waals surface area contributed by atoms with Gasteiger partial charge in [0.05, 0.1) is 13.2 Å². The quantitative estimate of drug-likeness (QED) is 0.834. The summed E-state index contributed by atoms with van der Waals surface area (Å²) < 4.78 is 46.3. The highest BCUT2D eigenvalue weighted by Crippen LogP contribution is 2.44. The molecule has 2 heterocycles. The van der Waals surface area contributed by atoms with E-state index >= 15 is 0 Å². The van der Waals surface area contributed by atoms with Crippen molar-refractivity contribution in [1.82, 2.24) is 9.03 Å². The van der Waals surface area contributed by atoms with E-state index in [1.54, 1.807) is 0 Å². The molecule has 7 nitrogen and oxygen atoms in total. The van der Waals surface area contributed by atoms with Crippen molar-refractivity contribution in [2.45, 2.75) is 31.1 Å². The van der Waals surface area contributed by atoms with Crippen LogP contribution in [0.3, 0.4) is 0 Å². The van der Waals surface area contributed by atoms with E-state index in [9.17, 15) is 8.42 Å². The van der Waals surface area contributed by atoms with Crippen LogP contribution >= 0.6 is 0 Å². The van der Waals surface area contributed by atoms with Gasteiger partial charge >= 0.3 is 0 Å². The Kier molecular flexibility index (Phi) is 5.09. The van der Waals surface area contributed by atoms with Gasteiger partial charge in [-0.3, -0.25) is 0 Å². The van der Waals surface area contributed by atoms with Gasteiger partial charge in [0.15, 0.2) is 11.5 Å². The second-order valence-electron chi connectivity index (χ2n) is 7.18. The normalized spacial score (nSPS) is 23.1. The Bertz CT molecular complexity index is 740. The third-order valence-electron chi connectivity index (χ3n) is 5.62. The van der Waals surface area contributed by atoms with E-state index in [4.69, 9.17) is 14.2 Å². The van der Waals surface area contributed by atoms with Crippen molar-refractivity contribution >= 4 is 10.2 Å². The van der Waals surface area contributed by atoms with E-state index in [0.29, 0.717) is 46.1 Å². The maximum absolute atomic E-state index is 12.7. The van der Waals surface area contributed by atoms with Crippen LogP contribution in [-0.2, 0) is 20.4 Å². The van der Waals surface area contributed by atoms with Crippen molar-refractivity contribution < 1.29 is 22.6 Å². The Morgan fingerprint density at radius 3 is 2.42 bits per heavy atom. The fourth-order valence-corrected chi connectivity index (χ4v) is 5.37.